The number of carbonyl (C=O) groups excluding carboxylic acids is 1. The average molecular weight is 210 g/mol. The summed E-state index contributed by atoms with van der Waals surface area (Å²) in [5.41, 5.74) is 3.60. The van der Waals surface area contributed by atoms with Crippen LogP contribution in [0.5, 0.6) is 0 Å². The van der Waals surface area contributed by atoms with Crippen LogP contribution in [0.3, 0.4) is 0 Å². The second-order valence-corrected chi connectivity index (χ2v) is 4.27. The Morgan fingerprint density at radius 3 is 2.93 bits per heavy atom. The first-order valence-corrected chi connectivity index (χ1v) is 5.52. The van der Waals surface area contributed by atoms with Crippen molar-refractivity contribution in [1.29, 1.82) is 0 Å². The molecule has 2 aliphatic rings. The minimum absolute atomic E-state index is 0.0686. The smallest absolute Gasteiger partial charge is 0.244 e. The number of hydrazone groups is 1. The molecule has 84 valence electrons. The van der Waals surface area contributed by atoms with Gasteiger partial charge in [-0.3, -0.25) is 4.79 Å². The maximum Gasteiger partial charge on any atom is 0.244 e. The zero-order chi connectivity index (χ0) is 10.7. The largest absolute Gasteiger partial charge is 0.314 e. The summed E-state index contributed by atoms with van der Waals surface area (Å²) in [6.45, 7) is 6.97. The zero-order valence-electron chi connectivity index (χ0n) is 9.12. The predicted molar refractivity (Wildman–Crippen MR) is 58.7 cm³/mol. The molecule has 0 aromatic rings. The average Bonchev–Trinajstić information content (AvgIpc) is 2.25. The summed E-state index contributed by atoms with van der Waals surface area (Å²) in [6, 6.07) is 0. The van der Waals surface area contributed by atoms with E-state index in [4.69, 9.17) is 0 Å². The maximum absolute atomic E-state index is 11.6. The van der Waals surface area contributed by atoms with Gasteiger partial charge in [-0.2, -0.15) is 5.10 Å². The minimum Gasteiger partial charge on any atom is -0.314 e. The Kier molecular flexibility index (Phi) is 3.33. The van der Waals surface area contributed by atoms with Crippen molar-refractivity contribution in [3.63, 3.8) is 0 Å². The highest BCUT2D eigenvalue weighted by Gasteiger charge is 2.25. The molecule has 0 aliphatic carbocycles. The fourth-order valence-corrected chi connectivity index (χ4v) is 2.09. The molecule has 15 heavy (non-hydrogen) atoms. The molecule has 0 aromatic heterocycles. The van der Waals surface area contributed by atoms with Gasteiger partial charge in [0.1, 0.15) is 0 Å². The fraction of sp³-hybridized carbons (Fsp3) is 0.800. The Bertz CT molecular complexity index is 271. The molecule has 2 aliphatic heterocycles. The van der Waals surface area contributed by atoms with Gasteiger partial charge in [0.2, 0.25) is 5.91 Å². The van der Waals surface area contributed by atoms with Crippen LogP contribution < -0.4 is 10.7 Å². The van der Waals surface area contributed by atoms with E-state index in [1.165, 1.54) is 0 Å². The van der Waals surface area contributed by atoms with Gasteiger partial charge in [-0.15, -0.1) is 0 Å². The lowest BCUT2D eigenvalue weighted by Crippen LogP contribution is -2.48. The second-order valence-electron chi connectivity index (χ2n) is 4.27. The van der Waals surface area contributed by atoms with Crippen molar-refractivity contribution in [2.45, 2.75) is 13.3 Å². The van der Waals surface area contributed by atoms with E-state index in [9.17, 15) is 4.79 Å². The predicted octanol–water partition coefficient (Wildman–Crippen LogP) is -0.596. The van der Waals surface area contributed by atoms with Gasteiger partial charge < -0.3 is 10.2 Å². The van der Waals surface area contributed by atoms with Crippen LogP contribution in [0.1, 0.15) is 13.3 Å². The number of hydrogen-bond acceptors (Lipinski definition) is 4. The zero-order valence-corrected chi connectivity index (χ0v) is 9.12. The molecule has 5 heteroatoms. The summed E-state index contributed by atoms with van der Waals surface area (Å²) in [5, 5.41) is 7.25. The van der Waals surface area contributed by atoms with Crippen LogP contribution >= 0.6 is 0 Å². The third-order valence-electron chi connectivity index (χ3n) is 2.96. The molecule has 5 nitrogen and oxygen atoms in total. The van der Waals surface area contributed by atoms with Crippen LogP contribution in [0, 0.1) is 5.92 Å². The molecular weight excluding hydrogens is 192 g/mol. The van der Waals surface area contributed by atoms with Gasteiger partial charge in [0.05, 0.1) is 5.92 Å². The Labute approximate surface area is 89.9 Å². The van der Waals surface area contributed by atoms with Crippen LogP contribution in [-0.4, -0.2) is 49.2 Å². The lowest BCUT2D eigenvalue weighted by Gasteiger charge is -2.31. The summed E-state index contributed by atoms with van der Waals surface area (Å²) in [5.74, 6) is 0.153. The number of carbonyl (C=O) groups is 1. The van der Waals surface area contributed by atoms with Gasteiger partial charge in [0.15, 0.2) is 0 Å². The quantitative estimate of drug-likeness (QED) is 0.640. The van der Waals surface area contributed by atoms with Crippen molar-refractivity contribution in [1.82, 2.24) is 15.6 Å². The first kappa shape index (κ1) is 10.6. The lowest BCUT2D eigenvalue weighted by atomic mass is 9.99. The number of nitrogens with one attached hydrogen (secondary N) is 2. The SMILES string of the molecule is CC1=NNC(=O)C(CN2CCNCC2)C1. The molecule has 2 rings (SSSR count). The molecule has 0 spiro atoms. The van der Waals surface area contributed by atoms with E-state index in [2.05, 4.69) is 20.7 Å². The highest BCUT2D eigenvalue weighted by atomic mass is 16.2. The van der Waals surface area contributed by atoms with Crippen LogP contribution in [0.15, 0.2) is 5.10 Å². The molecule has 0 bridgehead atoms. The van der Waals surface area contributed by atoms with Gasteiger partial charge >= 0.3 is 0 Å². The normalized spacial score (nSPS) is 28.5. The van der Waals surface area contributed by atoms with E-state index in [1.807, 2.05) is 6.92 Å². The Hall–Kier alpha value is -0.940. The number of rotatable bonds is 2. The molecular formula is C10H18N4O. The van der Waals surface area contributed by atoms with Crippen molar-refractivity contribution < 1.29 is 4.79 Å². The van der Waals surface area contributed by atoms with Crippen LogP contribution in [0.4, 0.5) is 0 Å². The van der Waals surface area contributed by atoms with Gasteiger partial charge in [-0.05, 0) is 6.92 Å². The third kappa shape index (κ3) is 2.76. The van der Waals surface area contributed by atoms with E-state index >= 15 is 0 Å². The summed E-state index contributed by atoms with van der Waals surface area (Å²) in [4.78, 5) is 13.9. The van der Waals surface area contributed by atoms with Crippen molar-refractivity contribution in [2.24, 2.45) is 11.0 Å². The molecule has 1 amide bonds. The number of hydrogen-bond donors (Lipinski definition) is 2. The first-order valence-electron chi connectivity index (χ1n) is 5.52. The second kappa shape index (κ2) is 4.72. The van der Waals surface area contributed by atoms with Crippen LogP contribution in [-0.2, 0) is 4.79 Å². The fourth-order valence-electron chi connectivity index (χ4n) is 2.09. The first-order chi connectivity index (χ1) is 7.25. The Morgan fingerprint density at radius 2 is 2.20 bits per heavy atom. The summed E-state index contributed by atoms with van der Waals surface area (Å²) < 4.78 is 0. The van der Waals surface area contributed by atoms with E-state index in [-0.39, 0.29) is 11.8 Å². The van der Waals surface area contributed by atoms with Crippen LogP contribution in [0.25, 0.3) is 0 Å². The molecule has 0 aromatic carbocycles. The van der Waals surface area contributed by atoms with Crippen molar-refractivity contribution >= 4 is 11.6 Å². The third-order valence-corrected chi connectivity index (χ3v) is 2.96. The lowest BCUT2D eigenvalue weighted by molar-refractivity contribution is -0.125. The van der Waals surface area contributed by atoms with Gasteiger partial charge in [-0.25, -0.2) is 5.43 Å². The van der Waals surface area contributed by atoms with Crippen molar-refractivity contribution in [2.75, 3.05) is 32.7 Å². The topological polar surface area (TPSA) is 56.7 Å². The summed E-state index contributed by atoms with van der Waals surface area (Å²) in [7, 11) is 0. The van der Waals surface area contributed by atoms with Gasteiger partial charge in [0, 0.05) is 44.9 Å². The molecule has 1 saturated heterocycles. The monoisotopic (exact) mass is 210 g/mol. The molecule has 1 atom stereocenters. The highest BCUT2D eigenvalue weighted by Crippen LogP contribution is 2.11. The summed E-state index contributed by atoms with van der Waals surface area (Å²) in [6.07, 6.45) is 0.801. The van der Waals surface area contributed by atoms with Crippen LogP contribution in [0.2, 0.25) is 0 Å². The summed E-state index contributed by atoms with van der Waals surface area (Å²) >= 11 is 0. The molecule has 1 unspecified atom stereocenters. The van der Waals surface area contributed by atoms with E-state index in [0.717, 1.165) is 44.9 Å². The number of amides is 1. The van der Waals surface area contributed by atoms with E-state index < -0.39 is 0 Å². The van der Waals surface area contributed by atoms with Gasteiger partial charge in [-0.1, -0.05) is 0 Å². The molecule has 2 N–H and O–H groups in total. The highest BCUT2D eigenvalue weighted by molar-refractivity contribution is 5.92. The van der Waals surface area contributed by atoms with E-state index in [0.29, 0.717) is 0 Å². The number of nitrogens with zero attached hydrogens (tertiary/aromatic N) is 2. The molecule has 0 radical (unpaired) electrons. The number of piperazine rings is 1. The Morgan fingerprint density at radius 1 is 1.47 bits per heavy atom. The molecule has 2 heterocycles. The van der Waals surface area contributed by atoms with Crippen molar-refractivity contribution in [3.8, 4) is 0 Å². The van der Waals surface area contributed by atoms with E-state index in [1.54, 1.807) is 0 Å². The Balaban J connectivity index is 1.87. The van der Waals surface area contributed by atoms with Gasteiger partial charge in [0.25, 0.3) is 0 Å². The molecule has 1 fully saturated rings. The van der Waals surface area contributed by atoms with Crippen molar-refractivity contribution in [3.05, 3.63) is 0 Å². The maximum atomic E-state index is 11.6. The minimum atomic E-state index is 0.0686. The standard InChI is InChI=1S/C10H18N4O/c1-8-6-9(10(15)13-12-8)7-14-4-2-11-3-5-14/h9,11H,2-7H2,1H3,(H,13,15). The molecule has 0 saturated carbocycles.